The molecule has 0 bridgehead atoms. The second kappa shape index (κ2) is 6.95. The average Bonchev–Trinajstić information content (AvgIpc) is 2.29. The zero-order valence-electron chi connectivity index (χ0n) is 10.8. The van der Waals surface area contributed by atoms with Gasteiger partial charge in [-0.2, -0.15) is 13.2 Å². The summed E-state index contributed by atoms with van der Waals surface area (Å²) in [5.74, 6) is -1.29. The molecule has 3 nitrogen and oxygen atoms in total. The van der Waals surface area contributed by atoms with E-state index in [9.17, 15) is 18.0 Å². The van der Waals surface area contributed by atoms with Gasteiger partial charge in [-0.05, 0) is 24.1 Å². The molecule has 1 rings (SSSR count). The molecule has 0 saturated carbocycles. The van der Waals surface area contributed by atoms with E-state index < -0.39 is 31.3 Å². The summed E-state index contributed by atoms with van der Waals surface area (Å²) in [6.07, 6.45) is -4.08. The molecule has 0 aromatic heterocycles. The minimum absolute atomic E-state index is 0.366. The van der Waals surface area contributed by atoms with Crippen LogP contribution in [-0.4, -0.2) is 35.2 Å². The zero-order valence-corrected chi connectivity index (χ0v) is 11.6. The molecule has 0 spiro atoms. The Bertz CT molecular complexity index is 448. The predicted octanol–water partition coefficient (Wildman–Crippen LogP) is 3.74. The van der Waals surface area contributed by atoms with Crippen LogP contribution < -0.4 is 0 Å². The van der Waals surface area contributed by atoms with E-state index in [0.717, 1.165) is 4.90 Å². The van der Waals surface area contributed by atoms with Crippen LogP contribution in [0.4, 0.5) is 13.2 Å². The standard InChI is InChI=1S/C13H15ClF3NO2/c1-2-11(9-3-5-10(14)6-4-9)18(7-12(19)20)8-13(15,16)17/h3-6,11H,2,7-8H2,1H3,(H,19,20). The summed E-state index contributed by atoms with van der Waals surface area (Å²) < 4.78 is 37.7. The van der Waals surface area contributed by atoms with Crippen molar-refractivity contribution < 1.29 is 23.1 Å². The van der Waals surface area contributed by atoms with E-state index in [1.807, 2.05) is 0 Å². The van der Waals surface area contributed by atoms with Gasteiger partial charge in [0.15, 0.2) is 0 Å². The molecule has 1 aromatic carbocycles. The number of carbonyl (C=O) groups is 1. The summed E-state index contributed by atoms with van der Waals surface area (Å²) in [6, 6.07) is 5.76. The van der Waals surface area contributed by atoms with Crippen molar-refractivity contribution in [3.63, 3.8) is 0 Å². The van der Waals surface area contributed by atoms with Gasteiger partial charge in [-0.15, -0.1) is 0 Å². The number of hydrogen-bond acceptors (Lipinski definition) is 2. The molecule has 7 heteroatoms. The molecule has 112 valence electrons. The molecule has 0 radical (unpaired) electrons. The van der Waals surface area contributed by atoms with Gasteiger partial charge in [-0.1, -0.05) is 30.7 Å². The van der Waals surface area contributed by atoms with E-state index in [1.54, 1.807) is 31.2 Å². The van der Waals surface area contributed by atoms with E-state index in [0.29, 0.717) is 17.0 Å². The second-order valence-electron chi connectivity index (χ2n) is 4.39. The van der Waals surface area contributed by atoms with Crippen LogP contribution in [0, 0.1) is 0 Å². The van der Waals surface area contributed by atoms with Crippen molar-refractivity contribution >= 4 is 17.6 Å². The Morgan fingerprint density at radius 3 is 2.30 bits per heavy atom. The highest BCUT2D eigenvalue weighted by atomic mass is 35.5. The molecular formula is C13H15ClF3NO2. The first kappa shape index (κ1) is 16.8. The van der Waals surface area contributed by atoms with Gasteiger partial charge < -0.3 is 5.11 Å². The highest BCUT2D eigenvalue weighted by Gasteiger charge is 2.34. The molecule has 1 unspecified atom stereocenters. The predicted molar refractivity (Wildman–Crippen MR) is 69.7 cm³/mol. The van der Waals surface area contributed by atoms with Gasteiger partial charge in [0.25, 0.3) is 0 Å². The fourth-order valence-corrected chi connectivity index (χ4v) is 2.20. The Kier molecular flexibility index (Phi) is 5.83. The number of aliphatic carboxylic acids is 1. The third-order valence-corrected chi connectivity index (χ3v) is 3.05. The number of nitrogens with zero attached hydrogens (tertiary/aromatic N) is 1. The number of halogens is 4. The Morgan fingerprint density at radius 1 is 1.35 bits per heavy atom. The Hall–Kier alpha value is -1.27. The average molecular weight is 310 g/mol. The zero-order chi connectivity index (χ0) is 15.3. The van der Waals surface area contributed by atoms with E-state index >= 15 is 0 Å². The SMILES string of the molecule is CCC(c1ccc(Cl)cc1)N(CC(=O)O)CC(F)(F)F. The molecule has 0 saturated heterocycles. The number of rotatable bonds is 6. The Balaban J connectivity index is 3.00. The molecule has 1 aromatic rings. The van der Waals surface area contributed by atoms with E-state index in [4.69, 9.17) is 16.7 Å². The fourth-order valence-electron chi connectivity index (χ4n) is 2.07. The van der Waals surface area contributed by atoms with Crippen LogP contribution in [0.15, 0.2) is 24.3 Å². The van der Waals surface area contributed by atoms with Crippen LogP contribution in [-0.2, 0) is 4.79 Å². The van der Waals surface area contributed by atoms with E-state index in [-0.39, 0.29) is 0 Å². The smallest absolute Gasteiger partial charge is 0.401 e. The summed E-state index contributed by atoms with van der Waals surface area (Å²) in [5, 5.41) is 9.26. The highest BCUT2D eigenvalue weighted by Crippen LogP contribution is 2.28. The van der Waals surface area contributed by atoms with Gasteiger partial charge in [-0.3, -0.25) is 9.69 Å². The first-order valence-electron chi connectivity index (χ1n) is 6.01. The lowest BCUT2D eigenvalue weighted by Gasteiger charge is -2.30. The molecule has 0 aliphatic rings. The minimum atomic E-state index is -4.45. The number of carboxylic acids is 1. The largest absolute Gasteiger partial charge is 0.480 e. The van der Waals surface area contributed by atoms with Crippen LogP contribution in [0.5, 0.6) is 0 Å². The summed E-state index contributed by atoms with van der Waals surface area (Å²) in [5.41, 5.74) is 0.613. The van der Waals surface area contributed by atoms with Crippen molar-refractivity contribution in [3.8, 4) is 0 Å². The van der Waals surface area contributed by atoms with Crippen molar-refractivity contribution in [2.24, 2.45) is 0 Å². The topological polar surface area (TPSA) is 40.5 Å². The lowest BCUT2D eigenvalue weighted by molar-refractivity contribution is -0.158. The van der Waals surface area contributed by atoms with Gasteiger partial charge in [0.05, 0.1) is 13.1 Å². The third-order valence-electron chi connectivity index (χ3n) is 2.80. The Morgan fingerprint density at radius 2 is 1.90 bits per heavy atom. The first-order valence-corrected chi connectivity index (χ1v) is 6.38. The molecule has 20 heavy (non-hydrogen) atoms. The van der Waals surface area contributed by atoms with Gasteiger partial charge in [-0.25, -0.2) is 0 Å². The maximum Gasteiger partial charge on any atom is 0.401 e. The quantitative estimate of drug-likeness (QED) is 0.870. The molecule has 0 heterocycles. The van der Waals surface area contributed by atoms with Crippen LogP contribution in [0.25, 0.3) is 0 Å². The van der Waals surface area contributed by atoms with Crippen LogP contribution in [0.2, 0.25) is 5.02 Å². The van der Waals surface area contributed by atoms with Gasteiger partial charge >= 0.3 is 12.1 Å². The molecule has 0 fully saturated rings. The van der Waals surface area contributed by atoms with E-state index in [1.165, 1.54) is 0 Å². The fraction of sp³-hybridized carbons (Fsp3) is 0.462. The number of alkyl halides is 3. The normalized spacial score (nSPS) is 13.5. The number of hydrogen-bond donors (Lipinski definition) is 1. The van der Waals surface area contributed by atoms with E-state index in [2.05, 4.69) is 0 Å². The molecular weight excluding hydrogens is 295 g/mol. The molecule has 1 N–H and O–H groups in total. The van der Waals surface area contributed by atoms with Gasteiger partial charge in [0, 0.05) is 11.1 Å². The van der Waals surface area contributed by atoms with Crippen molar-refractivity contribution in [1.29, 1.82) is 0 Å². The lowest BCUT2D eigenvalue weighted by atomic mass is 10.0. The molecule has 0 aliphatic heterocycles. The van der Waals surface area contributed by atoms with Crippen molar-refractivity contribution in [3.05, 3.63) is 34.9 Å². The van der Waals surface area contributed by atoms with Gasteiger partial charge in [0.1, 0.15) is 0 Å². The third kappa shape index (κ3) is 5.38. The molecule has 1 atom stereocenters. The van der Waals surface area contributed by atoms with Crippen molar-refractivity contribution in [2.45, 2.75) is 25.6 Å². The second-order valence-corrected chi connectivity index (χ2v) is 4.83. The van der Waals surface area contributed by atoms with Crippen LogP contribution in [0.3, 0.4) is 0 Å². The maximum absolute atomic E-state index is 12.6. The summed E-state index contributed by atoms with van der Waals surface area (Å²) in [6.45, 7) is -0.217. The highest BCUT2D eigenvalue weighted by molar-refractivity contribution is 6.30. The molecule has 0 aliphatic carbocycles. The van der Waals surface area contributed by atoms with Crippen molar-refractivity contribution in [2.75, 3.05) is 13.1 Å². The summed E-state index contributed by atoms with van der Waals surface area (Å²) >= 11 is 5.74. The summed E-state index contributed by atoms with van der Waals surface area (Å²) in [7, 11) is 0. The van der Waals surface area contributed by atoms with Crippen LogP contribution >= 0.6 is 11.6 Å². The minimum Gasteiger partial charge on any atom is -0.480 e. The summed E-state index contributed by atoms with van der Waals surface area (Å²) in [4.78, 5) is 11.7. The number of carboxylic acid groups (broad SMARTS) is 1. The van der Waals surface area contributed by atoms with Crippen molar-refractivity contribution in [1.82, 2.24) is 4.90 Å². The van der Waals surface area contributed by atoms with Gasteiger partial charge in [0.2, 0.25) is 0 Å². The van der Waals surface area contributed by atoms with Crippen LogP contribution in [0.1, 0.15) is 24.9 Å². The lowest BCUT2D eigenvalue weighted by Crippen LogP contribution is -2.40. The monoisotopic (exact) mass is 309 g/mol. The molecule has 0 amide bonds. The maximum atomic E-state index is 12.6. The number of benzene rings is 1. The first-order chi connectivity index (χ1) is 9.23. The Labute approximate surface area is 120 Å².